The molecular weight excluding hydrogens is 384 g/mol. The number of hydrogen-bond donors (Lipinski definition) is 2. The van der Waals surface area contributed by atoms with Gasteiger partial charge in [0.1, 0.15) is 0 Å². The lowest BCUT2D eigenvalue weighted by molar-refractivity contribution is -0.116. The Balaban J connectivity index is 0.00000364. The van der Waals surface area contributed by atoms with Crippen molar-refractivity contribution < 1.29 is 13.2 Å². The first-order chi connectivity index (χ1) is 12.5. The normalized spacial score (nSPS) is 10.9. The van der Waals surface area contributed by atoms with E-state index in [1.165, 1.54) is 0 Å². The number of carbonyl (C=O) groups excluding carboxylic acids is 1. The lowest BCUT2D eigenvalue weighted by atomic mass is 10.1. The zero-order valence-electron chi connectivity index (χ0n) is 15.3. The van der Waals surface area contributed by atoms with Crippen LogP contribution in [0.25, 0.3) is 0 Å². The number of unbranched alkanes of at least 4 members (excludes halogenated alkanes) is 3. The quantitative estimate of drug-likeness (QED) is 0.580. The van der Waals surface area contributed by atoms with Crippen LogP contribution in [0.2, 0.25) is 0 Å². The van der Waals surface area contributed by atoms with Crippen LogP contribution in [0.15, 0.2) is 59.5 Å². The van der Waals surface area contributed by atoms with Crippen molar-refractivity contribution in [3.8, 4) is 0 Å². The van der Waals surface area contributed by atoms with Crippen molar-refractivity contribution in [2.75, 3.05) is 11.9 Å². The highest BCUT2D eigenvalue weighted by Gasteiger charge is 2.17. The van der Waals surface area contributed by atoms with Gasteiger partial charge in [0, 0.05) is 12.1 Å². The van der Waals surface area contributed by atoms with Crippen molar-refractivity contribution >= 4 is 33.8 Å². The number of para-hydroxylation sites is 1. The van der Waals surface area contributed by atoms with Crippen molar-refractivity contribution in [3.63, 3.8) is 0 Å². The molecule has 0 aliphatic heterocycles. The Morgan fingerprint density at radius 3 is 2.22 bits per heavy atom. The Bertz CT molecular complexity index is 811. The van der Waals surface area contributed by atoms with Crippen LogP contribution in [0.5, 0.6) is 0 Å². The van der Waals surface area contributed by atoms with E-state index in [1.807, 2.05) is 0 Å². The zero-order valence-corrected chi connectivity index (χ0v) is 16.9. The largest absolute Gasteiger partial charge is 0.330 e. The molecule has 0 aliphatic rings. The Hall–Kier alpha value is -1.89. The number of sulfone groups is 1. The van der Waals surface area contributed by atoms with Crippen LogP contribution in [0.1, 0.15) is 37.7 Å². The molecule has 2 aromatic carbocycles. The number of rotatable bonds is 10. The van der Waals surface area contributed by atoms with Gasteiger partial charge in [-0.15, -0.1) is 12.4 Å². The van der Waals surface area contributed by atoms with E-state index in [0.717, 1.165) is 25.7 Å². The molecule has 0 bridgehead atoms. The summed E-state index contributed by atoms with van der Waals surface area (Å²) >= 11 is 0. The van der Waals surface area contributed by atoms with E-state index in [0.29, 0.717) is 24.2 Å². The Kier molecular flexibility index (Phi) is 10.1. The SMILES string of the molecule is Cl.NCCCCCCC(=O)Nc1ccccc1CS(=O)(=O)c1ccccc1. The lowest BCUT2D eigenvalue weighted by Crippen LogP contribution is -2.14. The molecule has 3 N–H and O–H groups in total. The molecule has 2 aromatic rings. The molecule has 0 aromatic heterocycles. The van der Waals surface area contributed by atoms with E-state index >= 15 is 0 Å². The maximum absolute atomic E-state index is 12.6. The molecule has 2 rings (SSSR count). The molecule has 0 unspecified atom stereocenters. The Labute approximate surface area is 167 Å². The highest BCUT2D eigenvalue weighted by atomic mass is 35.5. The van der Waals surface area contributed by atoms with Crippen molar-refractivity contribution in [1.29, 1.82) is 0 Å². The summed E-state index contributed by atoms with van der Waals surface area (Å²) in [4.78, 5) is 12.4. The summed E-state index contributed by atoms with van der Waals surface area (Å²) in [5.41, 5.74) is 6.60. The number of anilines is 1. The third-order valence-electron chi connectivity index (χ3n) is 4.10. The van der Waals surface area contributed by atoms with Gasteiger partial charge in [-0.05, 0) is 43.1 Å². The predicted molar refractivity (Wildman–Crippen MR) is 112 cm³/mol. The van der Waals surface area contributed by atoms with Gasteiger partial charge in [0.15, 0.2) is 9.84 Å². The number of hydrogen-bond acceptors (Lipinski definition) is 4. The highest BCUT2D eigenvalue weighted by molar-refractivity contribution is 7.90. The van der Waals surface area contributed by atoms with Gasteiger partial charge in [-0.2, -0.15) is 0 Å². The van der Waals surface area contributed by atoms with Gasteiger partial charge in [0.05, 0.1) is 10.6 Å². The Morgan fingerprint density at radius 1 is 0.889 bits per heavy atom. The van der Waals surface area contributed by atoms with Crippen LogP contribution >= 0.6 is 12.4 Å². The average molecular weight is 411 g/mol. The third-order valence-corrected chi connectivity index (χ3v) is 5.78. The van der Waals surface area contributed by atoms with Gasteiger partial charge in [-0.25, -0.2) is 8.42 Å². The van der Waals surface area contributed by atoms with E-state index < -0.39 is 9.84 Å². The van der Waals surface area contributed by atoms with Crippen LogP contribution in [0, 0.1) is 0 Å². The van der Waals surface area contributed by atoms with Crippen molar-refractivity contribution in [1.82, 2.24) is 0 Å². The third kappa shape index (κ3) is 7.71. The zero-order chi connectivity index (χ0) is 18.8. The molecule has 27 heavy (non-hydrogen) atoms. The molecule has 148 valence electrons. The van der Waals surface area contributed by atoms with E-state index in [2.05, 4.69) is 5.32 Å². The fraction of sp³-hybridized carbons (Fsp3) is 0.350. The van der Waals surface area contributed by atoms with Gasteiger partial charge in [-0.1, -0.05) is 49.2 Å². The summed E-state index contributed by atoms with van der Waals surface area (Å²) in [5, 5.41) is 2.85. The minimum atomic E-state index is -3.46. The molecule has 0 atom stereocenters. The summed E-state index contributed by atoms with van der Waals surface area (Å²) in [6.45, 7) is 0.676. The molecule has 0 fully saturated rings. The smallest absolute Gasteiger partial charge is 0.224 e. The lowest BCUT2D eigenvalue weighted by Gasteiger charge is -2.12. The highest BCUT2D eigenvalue weighted by Crippen LogP contribution is 2.22. The van der Waals surface area contributed by atoms with E-state index in [4.69, 9.17) is 5.73 Å². The van der Waals surface area contributed by atoms with E-state index in [1.54, 1.807) is 54.6 Å². The number of amides is 1. The molecule has 0 saturated carbocycles. The molecule has 5 nitrogen and oxygen atoms in total. The number of halogens is 1. The number of benzene rings is 2. The van der Waals surface area contributed by atoms with Crippen LogP contribution in [-0.2, 0) is 20.4 Å². The fourth-order valence-electron chi connectivity index (χ4n) is 2.68. The second-order valence-electron chi connectivity index (χ2n) is 6.23. The molecule has 0 saturated heterocycles. The monoisotopic (exact) mass is 410 g/mol. The average Bonchev–Trinajstić information content (AvgIpc) is 2.64. The van der Waals surface area contributed by atoms with Crippen LogP contribution in [0.3, 0.4) is 0 Å². The molecule has 0 aliphatic carbocycles. The van der Waals surface area contributed by atoms with Crippen LogP contribution < -0.4 is 11.1 Å². The van der Waals surface area contributed by atoms with Crippen molar-refractivity contribution in [3.05, 3.63) is 60.2 Å². The van der Waals surface area contributed by atoms with Gasteiger partial charge in [0.2, 0.25) is 5.91 Å². The van der Waals surface area contributed by atoms with Gasteiger partial charge >= 0.3 is 0 Å². The molecule has 1 amide bonds. The molecule has 0 heterocycles. The van der Waals surface area contributed by atoms with Gasteiger partial charge < -0.3 is 11.1 Å². The first kappa shape index (κ1) is 23.1. The Morgan fingerprint density at radius 2 is 1.52 bits per heavy atom. The van der Waals surface area contributed by atoms with Gasteiger partial charge in [-0.3, -0.25) is 4.79 Å². The first-order valence-electron chi connectivity index (χ1n) is 8.88. The number of nitrogens with two attached hydrogens (primary N) is 1. The summed E-state index contributed by atoms with van der Waals surface area (Å²) in [5.74, 6) is -0.244. The van der Waals surface area contributed by atoms with Crippen molar-refractivity contribution in [2.45, 2.75) is 42.8 Å². The summed E-state index contributed by atoms with van der Waals surface area (Å²) in [6, 6.07) is 15.4. The molecule has 0 radical (unpaired) electrons. The predicted octanol–water partition coefficient (Wildman–Crippen LogP) is 3.93. The fourth-order valence-corrected chi connectivity index (χ4v) is 4.08. The maximum atomic E-state index is 12.6. The molecular formula is C20H27ClN2O3S. The minimum Gasteiger partial charge on any atom is -0.330 e. The summed E-state index contributed by atoms with van der Waals surface area (Å²) < 4.78 is 25.2. The molecule has 0 spiro atoms. The molecule has 7 heteroatoms. The minimum absolute atomic E-state index is 0. The number of carbonyl (C=O) groups is 1. The second kappa shape index (κ2) is 11.7. The maximum Gasteiger partial charge on any atom is 0.224 e. The number of nitrogens with one attached hydrogen (secondary N) is 1. The first-order valence-corrected chi connectivity index (χ1v) is 10.5. The van der Waals surface area contributed by atoms with E-state index in [-0.39, 0.29) is 29.0 Å². The van der Waals surface area contributed by atoms with Crippen LogP contribution in [-0.4, -0.2) is 20.9 Å². The second-order valence-corrected chi connectivity index (χ2v) is 8.22. The topological polar surface area (TPSA) is 89.3 Å². The standard InChI is InChI=1S/C20H26N2O3S.ClH/c21-15-9-2-1-6-14-20(23)22-19-13-8-7-10-17(19)16-26(24,25)18-11-4-3-5-12-18;/h3-5,7-8,10-13H,1-2,6,9,14-16,21H2,(H,22,23);1H. The van der Waals surface area contributed by atoms with E-state index in [9.17, 15) is 13.2 Å². The summed E-state index contributed by atoms with van der Waals surface area (Å²) in [6.07, 6.45) is 4.19. The summed E-state index contributed by atoms with van der Waals surface area (Å²) in [7, 11) is -3.46. The van der Waals surface area contributed by atoms with Crippen LogP contribution in [0.4, 0.5) is 5.69 Å². The van der Waals surface area contributed by atoms with Crippen molar-refractivity contribution in [2.24, 2.45) is 5.73 Å². The van der Waals surface area contributed by atoms with Gasteiger partial charge in [0.25, 0.3) is 0 Å².